The van der Waals surface area contributed by atoms with Crippen molar-refractivity contribution in [2.24, 2.45) is 0 Å². The van der Waals surface area contributed by atoms with Crippen molar-refractivity contribution in [2.45, 2.75) is 19.9 Å². The molecular weight excluding hydrogens is 290 g/mol. The van der Waals surface area contributed by atoms with Crippen LogP contribution in [0.1, 0.15) is 21.5 Å². The molecule has 1 aromatic carbocycles. The second-order valence-electron chi connectivity index (χ2n) is 4.69. The Morgan fingerprint density at radius 2 is 2.10 bits per heavy atom. The molecule has 0 N–H and O–H groups in total. The lowest BCUT2D eigenvalue weighted by molar-refractivity contribution is 0.0977. The molecule has 3 aromatic rings. The molecular formula is C16H14ClNOS. The summed E-state index contributed by atoms with van der Waals surface area (Å²) in [4.78, 5) is 14.4. The number of hydrogen-bond donors (Lipinski definition) is 0. The summed E-state index contributed by atoms with van der Waals surface area (Å²) in [5.74, 6) is 0.146. The van der Waals surface area contributed by atoms with Crippen LogP contribution in [0, 0.1) is 0 Å². The van der Waals surface area contributed by atoms with Gasteiger partial charge in [-0.25, -0.2) is 0 Å². The first-order valence-corrected chi connectivity index (χ1v) is 7.73. The Bertz CT molecular complexity index is 772. The zero-order valence-electron chi connectivity index (χ0n) is 11.1. The number of aryl methyl sites for hydroxylation is 1. The first-order valence-electron chi connectivity index (χ1n) is 6.53. The van der Waals surface area contributed by atoms with Gasteiger partial charge >= 0.3 is 0 Å². The molecule has 4 heteroatoms. The van der Waals surface area contributed by atoms with E-state index in [0.29, 0.717) is 11.6 Å². The van der Waals surface area contributed by atoms with Crippen LogP contribution < -0.4 is 0 Å². The molecule has 2 nitrogen and oxygen atoms in total. The number of ketones is 1. The second-order valence-corrected chi connectivity index (χ2v) is 6.29. The maximum Gasteiger partial charge on any atom is 0.192 e. The van der Waals surface area contributed by atoms with Crippen LogP contribution in [0.3, 0.4) is 0 Å². The number of carbonyl (C=O) groups excluding carboxylic acids is 1. The molecule has 3 rings (SSSR count). The van der Waals surface area contributed by atoms with Crippen molar-refractivity contribution in [3.8, 4) is 0 Å². The van der Waals surface area contributed by atoms with Gasteiger partial charge in [0.25, 0.3) is 0 Å². The fraction of sp³-hybridized carbons (Fsp3) is 0.188. The Balaban J connectivity index is 1.89. The monoisotopic (exact) mass is 303 g/mol. The van der Waals surface area contributed by atoms with Gasteiger partial charge in [0, 0.05) is 21.6 Å². The number of hydrogen-bond acceptors (Lipinski definition) is 2. The molecule has 0 bridgehead atoms. The maximum absolute atomic E-state index is 12.3. The standard InChI is InChI=1S/C16H14ClNOS/c1-2-13-5-6-16(20-13)15(19)10-18-8-7-11-3-4-12(17)9-14(11)18/h3-9H,2,10H2,1H3. The molecule has 0 saturated carbocycles. The van der Waals surface area contributed by atoms with E-state index in [0.717, 1.165) is 22.2 Å². The molecule has 2 heterocycles. The molecule has 20 heavy (non-hydrogen) atoms. The molecule has 0 aliphatic heterocycles. The first kappa shape index (κ1) is 13.4. The lowest BCUT2D eigenvalue weighted by Crippen LogP contribution is -2.07. The molecule has 0 radical (unpaired) electrons. The number of halogens is 1. The summed E-state index contributed by atoms with van der Waals surface area (Å²) in [6.45, 7) is 2.45. The predicted molar refractivity (Wildman–Crippen MR) is 85.0 cm³/mol. The largest absolute Gasteiger partial charge is 0.340 e. The van der Waals surface area contributed by atoms with Crippen LogP contribution in [0.2, 0.25) is 5.02 Å². The Hall–Kier alpha value is -1.58. The number of Topliss-reactive ketones (excluding diaryl/α,β-unsaturated/α-hetero) is 1. The Morgan fingerprint density at radius 1 is 1.25 bits per heavy atom. The third kappa shape index (κ3) is 2.51. The average Bonchev–Trinajstić information content (AvgIpc) is 3.06. The third-order valence-electron chi connectivity index (χ3n) is 3.33. The number of carbonyl (C=O) groups is 1. The van der Waals surface area contributed by atoms with Crippen molar-refractivity contribution in [1.82, 2.24) is 4.57 Å². The van der Waals surface area contributed by atoms with Crippen LogP contribution in [0.4, 0.5) is 0 Å². The van der Waals surface area contributed by atoms with Gasteiger partial charge < -0.3 is 4.57 Å². The molecule has 0 saturated heterocycles. The van der Waals surface area contributed by atoms with Gasteiger partial charge in [0.1, 0.15) is 0 Å². The van der Waals surface area contributed by atoms with Crippen molar-refractivity contribution in [2.75, 3.05) is 0 Å². The van der Waals surface area contributed by atoms with Gasteiger partial charge in [-0.15, -0.1) is 11.3 Å². The molecule has 0 amide bonds. The SMILES string of the molecule is CCc1ccc(C(=O)Cn2ccc3ccc(Cl)cc32)s1. The van der Waals surface area contributed by atoms with Crippen LogP contribution in [-0.2, 0) is 13.0 Å². The van der Waals surface area contributed by atoms with Crippen molar-refractivity contribution in [1.29, 1.82) is 0 Å². The maximum atomic E-state index is 12.3. The van der Waals surface area contributed by atoms with Crippen LogP contribution in [0.5, 0.6) is 0 Å². The second kappa shape index (κ2) is 5.43. The zero-order valence-corrected chi connectivity index (χ0v) is 12.7. The Kier molecular flexibility index (Phi) is 3.64. The summed E-state index contributed by atoms with van der Waals surface area (Å²) in [5.41, 5.74) is 0.998. The highest BCUT2D eigenvalue weighted by atomic mass is 35.5. The van der Waals surface area contributed by atoms with Gasteiger partial charge in [-0.3, -0.25) is 4.79 Å². The van der Waals surface area contributed by atoms with Gasteiger partial charge in [0.05, 0.1) is 11.4 Å². The van der Waals surface area contributed by atoms with Crippen molar-refractivity contribution in [3.05, 3.63) is 57.4 Å². The molecule has 0 aliphatic carbocycles. The summed E-state index contributed by atoms with van der Waals surface area (Å²) in [5, 5.41) is 1.79. The number of rotatable bonds is 4. The van der Waals surface area contributed by atoms with Gasteiger partial charge in [0.2, 0.25) is 0 Å². The fourth-order valence-electron chi connectivity index (χ4n) is 2.25. The van der Waals surface area contributed by atoms with Crippen LogP contribution >= 0.6 is 22.9 Å². The van der Waals surface area contributed by atoms with E-state index in [1.807, 2.05) is 47.2 Å². The topological polar surface area (TPSA) is 22.0 Å². The lowest BCUT2D eigenvalue weighted by atomic mass is 10.2. The van der Waals surface area contributed by atoms with E-state index in [9.17, 15) is 4.79 Å². The van der Waals surface area contributed by atoms with E-state index >= 15 is 0 Å². The smallest absolute Gasteiger partial charge is 0.192 e. The summed E-state index contributed by atoms with van der Waals surface area (Å²) < 4.78 is 1.95. The van der Waals surface area contributed by atoms with E-state index in [4.69, 9.17) is 11.6 Å². The Labute approximate surface area is 126 Å². The van der Waals surface area contributed by atoms with Crippen molar-refractivity contribution in [3.63, 3.8) is 0 Å². The number of thiophene rings is 1. The van der Waals surface area contributed by atoms with Gasteiger partial charge in [-0.2, -0.15) is 0 Å². The third-order valence-corrected chi connectivity index (χ3v) is 4.84. The molecule has 0 unspecified atom stereocenters. The van der Waals surface area contributed by atoms with E-state index in [2.05, 4.69) is 6.92 Å². The minimum absolute atomic E-state index is 0.146. The van der Waals surface area contributed by atoms with E-state index in [1.54, 1.807) is 11.3 Å². The summed E-state index contributed by atoms with van der Waals surface area (Å²) in [6.07, 6.45) is 2.91. The van der Waals surface area contributed by atoms with E-state index in [-0.39, 0.29) is 5.78 Å². The van der Waals surface area contributed by atoms with E-state index in [1.165, 1.54) is 4.88 Å². The quantitative estimate of drug-likeness (QED) is 0.634. The van der Waals surface area contributed by atoms with Crippen molar-refractivity contribution < 1.29 is 4.79 Å². The summed E-state index contributed by atoms with van der Waals surface area (Å²) in [7, 11) is 0. The first-order chi connectivity index (χ1) is 9.67. The highest BCUT2D eigenvalue weighted by molar-refractivity contribution is 7.14. The molecule has 0 fully saturated rings. The summed E-state index contributed by atoms with van der Waals surface area (Å²) >= 11 is 7.61. The minimum Gasteiger partial charge on any atom is -0.340 e. The molecule has 0 spiro atoms. The zero-order chi connectivity index (χ0) is 14.1. The van der Waals surface area contributed by atoms with Crippen LogP contribution in [0.15, 0.2) is 42.6 Å². The van der Waals surface area contributed by atoms with Gasteiger partial charge in [-0.05, 0) is 42.1 Å². The molecule has 102 valence electrons. The van der Waals surface area contributed by atoms with Gasteiger partial charge in [0.15, 0.2) is 5.78 Å². The highest BCUT2D eigenvalue weighted by Crippen LogP contribution is 2.22. The fourth-order valence-corrected chi connectivity index (χ4v) is 3.29. The average molecular weight is 304 g/mol. The number of benzene rings is 1. The van der Waals surface area contributed by atoms with Crippen LogP contribution in [-0.4, -0.2) is 10.4 Å². The van der Waals surface area contributed by atoms with Crippen molar-refractivity contribution >= 4 is 39.6 Å². The molecule has 0 atom stereocenters. The predicted octanol–water partition coefficient (Wildman–Crippen LogP) is 4.80. The van der Waals surface area contributed by atoms with Gasteiger partial charge in [-0.1, -0.05) is 24.6 Å². The highest BCUT2D eigenvalue weighted by Gasteiger charge is 2.11. The van der Waals surface area contributed by atoms with Crippen LogP contribution in [0.25, 0.3) is 10.9 Å². The molecule has 2 aromatic heterocycles. The summed E-state index contributed by atoms with van der Waals surface area (Å²) in [6, 6.07) is 11.7. The number of nitrogens with zero attached hydrogens (tertiary/aromatic N) is 1. The van der Waals surface area contributed by atoms with E-state index < -0.39 is 0 Å². The normalized spacial score (nSPS) is 11.1. The lowest BCUT2D eigenvalue weighted by Gasteiger charge is -2.04. The minimum atomic E-state index is 0.146. The Morgan fingerprint density at radius 3 is 2.85 bits per heavy atom. The molecule has 0 aliphatic rings. The number of fused-ring (bicyclic) bond motifs is 1. The number of aromatic nitrogens is 1.